The number of H-pyrrole nitrogens is 1. The second kappa shape index (κ2) is 4.94. The monoisotopic (exact) mass is 246 g/mol. The first-order chi connectivity index (χ1) is 8.86. The smallest absolute Gasteiger partial charge is 0.241 e. The predicted octanol–water partition coefficient (Wildman–Crippen LogP) is 1.95. The fraction of sp³-hybridized carbons (Fsp3) is 0.538. The molecule has 2 aromatic heterocycles. The molecule has 1 saturated heterocycles. The van der Waals surface area contributed by atoms with E-state index in [1.165, 1.54) is 38.0 Å². The number of nitrogens with one attached hydrogen (secondary N) is 1. The minimum Gasteiger partial charge on any atom is -0.479 e. The number of nitrogens with zero attached hydrogens (tertiary/aromatic N) is 3. The Morgan fingerprint density at radius 3 is 2.89 bits per heavy atom. The van der Waals surface area contributed by atoms with Gasteiger partial charge in [-0.1, -0.05) is 6.42 Å². The number of hydrogen-bond donors (Lipinski definition) is 1. The van der Waals surface area contributed by atoms with Crippen molar-refractivity contribution < 1.29 is 4.74 Å². The van der Waals surface area contributed by atoms with Crippen LogP contribution in [0.4, 0.5) is 0 Å². The van der Waals surface area contributed by atoms with E-state index in [4.69, 9.17) is 4.74 Å². The van der Waals surface area contributed by atoms with Crippen LogP contribution < -0.4 is 4.74 Å². The summed E-state index contributed by atoms with van der Waals surface area (Å²) in [5.41, 5.74) is 3.01. The molecule has 5 nitrogen and oxygen atoms in total. The van der Waals surface area contributed by atoms with Crippen molar-refractivity contribution >= 4 is 11.0 Å². The van der Waals surface area contributed by atoms with Gasteiger partial charge >= 0.3 is 0 Å². The Kier molecular flexibility index (Phi) is 3.15. The number of rotatable bonds is 3. The molecule has 1 N–H and O–H groups in total. The first-order valence-electron chi connectivity index (χ1n) is 6.46. The summed E-state index contributed by atoms with van der Waals surface area (Å²) in [6.07, 6.45) is 5.52. The molecule has 0 aliphatic carbocycles. The molecule has 1 fully saturated rings. The molecule has 3 heterocycles. The van der Waals surface area contributed by atoms with Gasteiger partial charge in [0.2, 0.25) is 5.88 Å². The van der Waals surface area contributed by atoms with E-state index in [1.807, 2.05) is 0 Å². The topological polar surface area (TPSA) is 54.0 Å². The number of hydrogen-bond acceptors (Lipinski definition) is 4. The number of likely N-dealkylation sites (tertiary alicyclic amines) is 1. The predicted molar refractivity (Wildman–Crippen MR) is 69.6 cm³/mol. The van der Waals surface area contributed by atoms with E-state index in [1.54, 1.807) is 13.4 Å². The van der Waals surface area contributed by atoms with E-state index in [-0.39, 0.29) is 0 Å². The Morgan fingerprint density at radius 1 is 1.28 bits per heavy atom. The molecule has 1 aliphatic rings. The van der Waals surface area contributed by atoms with E-state index in [9.17, 15) is 0 Å². The summed E-state index contributed by atoms with van der Waals surface area (Å²) in [7, 11) is 1.63. The van der Waals surface area contributed by atoms with Gasteiger partial charge < -0.3 is 9.72 Å². The van der Waals surface area contributed by atoms with Gasteiger partial charge in [0.15, 0.2) is 0 Å². The van der Waals surface area contributed by atoms with Gasteiger partial charge in [-0.15, -0.1) is 0 Å². The molecule has 0 bridgehead atoms. The van der Waals surface area contributed by atoms with Crippen LogP contribution in [0.1, 0.15) is 25.0 Å². The molecule has 1 aliphatic heterocycles. The lowest BCUT2D eigenvalue weighted by Crippen LogP contribution is -2.29. The van der Waals surface area contributed by atoms with E-state index in [0.29, 0.717) is 5.88 Å². The van der Waals surface area contributed by atoms with Gasteiger partial charge in [-0.25, -0.2) is 4.98 Å². The highest BCUT2D eigenvalue weighted by Gasteiger charge is 2.13. The van der Waals surface area contributed by atoms with E-state index < -0.39 is 0 Å². The second-order valence-electron chi connectivity index (χ2n) is 4.77. The Bertz CT molecular complexity index is 531. The molecule has 0 atom stereocenters. The van der Waals surface area contributed by atoms with Crippen molar-refractivity contribution in [2.45, 2.75) is 25.8 Å². The Balaban J connectivity index is 1.84. The Labute approximate surface area is 106 Å². The van der Waals surface area contributed by atoms with Crippen LogP contribution in [-0.4, -0.2) is 40.1 Å². The fourth-order valence-corrected chi connectivity index (χ4v) is 2.57. The zero-order valence-electron chi connectivity index (χ0n) is 10.6. The van der Waals surface area contributed by atoms with Crippen molar-refractivity contribution in [2.75, 3.05) is 20.2 Å². The van der Waals surface area contributed by atoms with Gasteiger partial charge in [-0.2, -0.15) is 4.98 Å². The van der Waals surface area contributed by atoms with Crippen LogP contribution in [0.5, 0.6) is 5.88 Å². The quantitative estimate of drug-likeness (QED) is 0.899. The van der Waals surface area contributed by atoms with Crippen LogP contribution in [-0.2, 0) is 6.54 Å². The average Bonchev–Trinajstić information content (AvgIpc) is 2.82. The average molecular weight is 246 g/mol. The molecule has 0 saturated carbocycles. The molecular weight excluding hydrogens is 228 g/mol. The maximum Gasteiger partial charge on any atom is 0.241 e. The van der Waals surface area contributed by atoms with Crippen LogP contribution in [0.3, 0.4) is 0 Å². The van der Waals surface area contributed by atoms with Crippen LogP contribution in [0.15, 0.2) is 12.4 Å². The van der Waals surface area contributed by atoms with Gasteiger partial charge in [-0.05, 0) is 32.0 Å². The lowest BCUT2D eigenvalue weighted by molar-refractivity contribution is 0.219. The lowest BCUT2D eigenvalue weighted by atomic mass is 10.1. The van der Waals surface area contributed by atoms with E-state index in [2.05, 4.69) is 25.9 Å². The van der Waals surface area contributed by atoms with Gasteiger partial charge in [0.25, 0.3) is 0 Å². The summed E-state index contributed by atoms with van der Waals surface area (Å²) < 4.78 is 5.23. The normalized spacial score (nSPS) is 17.2. The zero-order valence-corrected chi connectivity index (χ0v) is 10.6. The fourth-order valence-electron chi connectivity index (χ4n) is 2.57. The third kappa shape index (κ3) is 2.18. The first-order valence-corrected chi connectivity index (χ1v) is 6.46. The summed E-state index contributed by atoms with van der Waals surface area (Å²) >= 11 is 0. The summed E-state index contributed by atoms with van der Waals surface area (Å²) in [5.74, 6) is 0.616. The van der Waals surface area contributed by atoms with Gasteiger partial charge in [0.1, 0.15) is 11.8 Å². The second-order valence-corrected chi connectivity index (χ2v) is 4.77. The molecule has 5 heteroatoms. The Hall–Kier alpha value is -1.62. The largest absolute Gasteiger partial charge is 0.479 e. The minimum absolute atomic E-state index is 0.616. The standard InChI is InChI=1S/C13H18N4O/c1-18-13-12-11(14-9-15-13)7-10(16-12)8-17-5-3-2-4-6-17/h7,9,16H,2-6,8H2,1H3. The highest BCUT2D eigenvalue weighted by molar-refractivity contribution is 5.80. The first kappa shape index (κ1) is 11.5. The van der Waals surface area contributed by atoms with Crippen molar-refractivity contribution in [1.82, 2.24) is 19.9 Å². The van der Waals surface area contributed by atoms with Crippen molar-refractivity contribution in [2.24, 2.45) is 0 Å². The maximum atomic E-state index is 5.23. The number of ether oxygens (including phenoxy) is 1. The van der Waals surface area contributed by atoms with Crippen molar-refractivity contribution in [1.29, 1.82) is 0 Å². The molecule has 0 spiro atoms. The molecule has 2 aromatic rings. The molecule has 18 heavy (non-hydrogen) atoms. The molecule has 3 rings (SSSR count). The van der Waals surface area contributed by atoms with Gasteiger partial charge in [0, 0.05) is 12.2 Å². The van der Waals surface area contributed by atoms with E-state index in [0.717, 1.165) is 17.6 Å². The summed E-state index contributed by atoms with van der Waals surface area (Å²) in [6, 6.07) is 2.09. The van der Waals surface area contributed by atoms with Crippen molar-refractivity contribution in [3.8, 4) is 5.88 Å². The third-order valence-electron chi connectivity index (χ3n) is 3.47. The zero-order chi connectivity index (χ0) is 12.4. The summed E-state index contributed by atoms with van der Waals surface area (Å²) in [6.45, 7) is 3.34. The minimum atomic E-state index is 0.616. The molecule has 0 amide bonds. The maximum absolute atomic E-state index is 5.23. The number of aromatic amines is 1. The summed E-state index contributed by atoms with van der Waals surface area (Å²) in [4.78, 5) is 14.2. The SMILES string of the molecule is COc1ncnc2cc(CN3CCCCC3)[nH]c12. The van der Waals surface area contributed by atoms with Crippen LogP contribution >= 0.6 is 0 Å². The lowest BCUT2D eigenvalue weighted by Gasteiger charge is -2.25. The third-order valence-corrected chi connectivity index (χ3v) is 3.47. The molecule has 96 valence electrons. The van der Waals surface area contributed by atoms with Gasteiger partial charge in [-0.3, -0.25) is 4.90 Å². The Morgan fingerprint density at radius 2 is 2.11 bits per heavy atom. The number of methoxy groups -OCH3 is 1. The van der Waals surface area contributed by atoms with Crippen molar-refractivity contribution in [3.63, 3.8) is 0 Å². The number of aromatic nitrogens is 3. The highest BCUT2D eigenvalue weighted by atomic mass is 16.5. The van der Waals surface area contributed by atoms with E-state index >= 15 is 0 Å². The van der Waals surface area contributed by atoms with Crippen LogP contribution in [0, 0.1) is 0 Å². The molecular formula is C13H18N4O. The van der Waals surface area contributed by atoms with Crippen molar-refractivity contribution in [3.05, 3.63) is 18.1 Å². The molecule has 0 unspecified atom stereocenters. The highest BCUT2D eigenvalue weighted by Crippen LogP contribution is 2.22. The van der Waals surface area contributed by atoms with Crippen LogP contribution in [0.2, 0.25) is 0 Å². The van der Waals surface area contributed by atoms with Gasteiger partial charge in [0.05, 0.1) is 12.6 Å². The molecule has 0 aromatic carbocycles. The number of piperidine rings is 1. The summed E-state index contributed by atoms with van der Waals surface area (Å²) in [5, 5.41) is 0. The van der Waals surface area contributed by atoms with Crippen LogP contribution in [0.25, 0.3) is 11.0 Å². The molecule has 0 radical (unpaired) electrons. The number of fused-ring (bicyclic) bond motifs is 1.